The molecule has 0 heterocycles. The van der Waals surface area contributed by atoms with Crippen LogP contribution in [0.1, 0.15) is 0 Å². The molecule has 0 aromatic carbocycles. The first-order chi connectivity index (χ1) is 9.68. The summed E-state index contributed by atoms with van der Waals surface area (Å²) in [5.74, 6) is -2.69. The lowest BCUT2D eigenvalue weighted by Crippen LogP contribution is -2.01. The quantitative estimate of drug-likeness (QED) is 0.450. The molecule has 0 aromatic rings. The van der Waals surface area contributed by atoms with E-state index in [4.69, 9.17) is 45.0 Å². The van der Waals surface area contributed by atoms with Gasteiger partial charge in [0.25, 0.3) is 14.2 Å². The van der Waals surface area contributed by atoms with E-state index in [1.807, 2.05) is 0 Å². The van der Waals surface area contributed by atoms with Crippen LogP contribution in [0.25, 0.3) is 0 Å². The van der Waals surface area contributed by atoms with Crippen molar-refractivity contribution in [2.24, 2.45) is 0 Å². The molecular formula is C8H25Cl4NO6P4. The van der Waals surface area contributed by atoms with Crippen molar-refractivity contribution >= 4 is 71.5 Å². The smallest absolute Gasteiger partial charge is 0.286 e. The minimum absolute atomic E-state index is 1.27. The summed E-state index contributed by atoms with van der Waals surface area (Å²) >= 11 is 19.8. The summed E-state index contributed by atoms with van der Waals surface area (Å²) in [6.45, 7) is 2.31. The molecule has 0 aliphatic carbocycles. The summed E-state index contributed by atoms with van der Waals surface area (Å²) in [5, 5.41) is 2.52. The van der Waals surface area contributed by atoms with Crippen LogP contribution in [-0.4, -0.2) is 54.6 Å². The van der Waals surface area contributed by atoms with E-state index in [1.54, 1.807) is 7.05 Å². The number of rotatable bonds is 3. The molecule has 0 spiro atoms. The van der Waals surface area contributed by atoms with Crippen molar-refractivity contribution in [1.29, 1.82) is 0 Å². The zero-order chi connectivity index (χ0) is 20.1. The van der Waals surface area contributed by atoms with E-state index in [0.717, 1.165) is 0 Å². The van der Waals surface area contributed by atoms with Crippen LogP contribution in [0, 0.1) is 0 Å². The Morgan fingerprint density at radius 1 is 0.739 bits per heavy atom. The normalized spacial score (nSPS) is 16.0. The Hall–Kier alpha value is 1.96. The van der Waals surface area contributed by atoms with Crippen LogP contribution >= 0.6 is 71.5 Å². The molecule has 0 saturated heterocycles. The second kappa shape index (κ2) is 15.1. The van der Waals surface area contributed by atoms with Crippen molar-refractivity contribution in [2.45, 2.75) is 0 Å². The Balaban J connectivity index is -0.000000106. The standard InChI is InChI=1S/C3H10NO2P.C2H6ClO2P.C2H6ClOP.CH3Cl2OP/c1-4-7(3,5)6-2;1-5-6(2,3)4;2*1-5(2,3)4/h1-3H3,(H,4,5);1-2H3;1-2H3;1H3. The Morgan fingerprint density at radius 2 is 0.913 bits per heavy atom. The van der Waals surface area contributed by atoms with Crippen molar-refractivity contribution in [2.75, 3.05) is 54.6 Å². The van der Waals surface area contributed by atoms with Crippen LogP contribution in [0.4, 0.5) is 0 Å². The molecule has 0 aliphatic heterocycles. The van der Waals surface area contributed by atoms with Crippen molar-refractivity contribution in [1.82, 2.24) is 5.09 Å². The van der Waals surface area contributed by atoms with Gasteiger partial charge in [-0.15, -0.1) is 0 Å². The van der Waals surface area contributed by atoms with E-state index in [9.17, 15) is 18.3 Å². The van der Waals surface area contributed by atoms with Gasteiger partial charge in [0.15, 0.2) is 6.49 Å². The lowest BCUT2D eigenvalue weighted by Gasteiger charge is -2.05. The molecule has 2 unspecified atom stereocenters. The van der Waals surface area contributed by atoms with Gasteiger partial charge in [0.2, 0.25) is 5.85 Å². The van der Waals surface area contributed by atoms with Gasteiger partial charge in [0, 0.05) is 47.5 Å². The summed E-state index contributed by atoms with van der Waals surface area (Å²) in [6, 6.07) is 0. The van der Waals surface area contributed by atoms with Crippen LogP contribution < -0.4 is 5.09 Å². The zero-order valence-electron chi connectivity index (χ0n) is 14.3. The van der Waals surface area contributed by atoms with E-state index in [0.29, 0.717) is 0 Å². The molecule has 0 fully saturated rings. The predicted molar refractivity (Wildman–Crippen MR) is 107 cm³/mol. The molecule has 7 nitrogen and oxygen atoms in total. The van der Waals surface area contributed by atoms with Gasteiger partial charge in [-0.1, -0.05) is 11.2 Å². The Labute approximate surface area is 158 Å². The highest BCUT2D eigenvalue weighted by Gasteiger charge is 2.06. The van der Waals surface area contributed by atoms with Gasteiger partial charge in [-0.3, -0.25) is 13.7 Å². The molecule has 146 valence electrons. The number of hydrogen-bond donors (Lipinski definition) is 1. The van der Waals surface area contributed by atoms with E-state index >= 15 is 0 Å². The molecule has 0 amide bonds. The highest BCUT2D eigenvalue weighted by atomic mass is 35.9. The number of nitrogens with one attached hydrogen (secondary N) is 1. The van der Waals surface area contributed by atoms with Crippen molar-refractivity contribution in [3.8, 4) is 0 Å². The lowest BCUT2D eigenvalue weighted by molar-refractivity contribution is 0.391. The molecule has 23 heavy (non-hydrogen) atoms. The number of halogens is 4. The average Bonchev–Trinajstić information content (AvgIpc) is 2.24. The number of hydrogen-bond acceptors (Lipinski definition) is 6. The van der Waals surface area contributed by atoms with Gasteiger partial charge in [-0.25, -0.2) is 5.09 Å². The Kier molecular flexibility index (Phi) is 21.4. The molecular weight excluding hydrogens is 472 g/mol. The van der Waals surface area contributed by atoms with Crippen molar-refractivity contribution in [3.63, 3.8) is 0 Å². The molecule has 1 N–H and O–H groups in total. The lowest BCUT2D eigenvalue weighted by atomic mass is 11.6. The summed E-state index contributed by atoms with van der Waals surface area (Å²) in [5.41, 5.74) is 0. The van der Waals surface area contributed by atoms with Gasteiger partial charge in [0.05, 0.1) is 0 Å². The predicted octanol–water partition coefficient (Wildman–Crippen LogP) is 6.42. The maximum absolute atomic E-state index is 10.6. The minimum Gasteiger partial charge on any atom is -0.321 e. The summed E-state index contributed by atoms with van der Waals surface area (Å²) in [4.78, 5) is 0. The van der Waals surface area contributed by atoms with Gasteiger partial charge in [0.1, 0.15) is 0 Å². The molecule has 0 saturated carbocycles. The van der Waals surface area contributed by atoms with E-state index in [1.165, 1.54) is 47.5 Å². The SMILES string of the molecule is CNP(C)(=O)OC.COP(C)(=O)Cl.CP(=O)(Cl)Cl.CP(C)(=O)Cl. The Morgan fingerprint density at radius 3 is 0.913 bits per heavy atom. The van der Waals surface area contributed by atoms with Crippen molar-refractivity contribution < 1.29 is 27.3 Å². The average molecular weight is 497 g/mol. The highest BCUT2D eigenvalue weighted by Crippen LogP contribution is 2.52. The first kappa shape index (κ1) is 32.6. The summed E-state index contributed by atoms with van der Waals surface area (Å²) in [6.07, 6.45) is 0. The third-order valence-electron chi connectivity index (χ3n) is 1.08. The molecule has 0 aliphatic rings. The van der Waals surface area contributed by atoms with Crippen molar-refractivity contribution in [3.05, 3.63) is 0 Å². The molecule has 15 heteroatoms. The second-order valence-electron chi connectivity index (χ2n) is 4.12. The fourth-order valence-electron chi connectivity index (χ4n) is 0.0913. The van der Waals surface area contributed by atoms with Crippen LogP contribution in [0.2, 0.25) is 0 Å². The second-order valence-corrected chi connectivity index (χ2v) is 21.0. The van der Waals surface area contributed by atoms with Gasteiger partial charge < -0.3 is 13.6 Å². The van der Waals surface area contributed by atoms with E-state index in [2.05, 4.69) is 14.1 Å². The Bertz CT molecular complexity index is 429. The minimum atomic E-state index is -2.69. The van der Waals surface area contributed by atoms with Crippen LogP contribution in [0.15, 0.2) is 0 Å². The zero-order valence-corrected chi connectivity index (χ0v) is 20.9. The molecule has 0 aromatic heterocycles. The topological polar surface area (TPSA) is 98.8 Å². The van der Waals surface area contributed by atoms with Crippen LogP contribution in [-0.2, 0) is 27.3 Å². The maximum atomic E-state index is 10.6. The van der Waals surface area contributed by atoms with Crippen LogP contribution in [0.3, 0.4) is 0 Å². The fourth-order valence-corrected chi connectivity index (χ4v) is 0.274. The summed E-state index contributed by atoms with van der Waals surface area (Å²) < 4.78 is 49.3. The van der Waals surface area contributed by atoms with E-state index in [-0.39, 0.29) is 0 Å². The molecule has 2 atom stereocenters. The largest absolute Gasteiger partial charge is 0.321 e. The summed E-state index contributed by atoms with van der Waals surface area (Å²) in [7, 11) is 1.92. The first-order valence-electron chi connectivity index (χ1n) is 5.55. The molecule has 0 bridgehead atoms. The van der Waals surface area contributed by atoms with Gasteiger partial charge in [-0.2, -0.15) is 0 Å². The molecule has 0 rings (SSSR count). The first-order valence-corrected chi connectivity index (χ1v) is 18.1. The van der Waals surface area contributed by atoms with E-state index < -0.39 is 26.6 Å². The monoisotopic (exact) mass is 495 g/mol. The van der Waals surface area contributed by atoms with Crippen LogP contribution in [0.5, 0.6) is 0 Å². The van der Waals surface area contributed by atoms with Gasteiger partial charge in [-0.05, 0) is 40.8 Å². The maximum Gasteiger partial charge on any atom is 0.286 e. The van der Waals surface area contributed by atoms with Gasteiger partial charge >= 0.3 is 0 Å². The highest BCUT2D eigenvalue weighted by molar-refractivity contribution is 8.08. The third-order valence-corrected chi connectivity index (χ3v) is 3.66. The molecule has 0 radical (unpaired) electrons. The third kappa shape index (κ3) is 96.2. The fraction of sp³-hybridized carbons (Fsp3) is 1.00.